The predicted molar refractivity (Wildman–Crippen MR) is 136 cm³/mol. The summed E-state index contributed by atoms with van der Waals surface area (Å²) >= 11 is 0. The van der Waals surface area contributed by atoms with Gasteiger partial charge in [-0.25, -0.2) is 19.2 Å². The van der Waals surface area contributed by atoms with Gasteiger partial charge in [-0.2, -0.15) is 0 Å². The van der Waals surface area contributed by atoms with Crippen LogP contribution in [0, 0.1) is 0 Å². The van der Waals surface area contributed by atoms with Crippen LogP contribution in [0.2, 0.25) is 0 Å². The molecule has 4 amide bonds. The Kier molecular flexibility index (Phi) is 4.77. The number of carbonyl (C=O) groups excluding carboxylic acids is 4. The number of quaternary nitrogens is 2. The van der Waals surface area contributed by atoms with Crippen LogP contribution >= 0.6 is 0 Å². The normalized spacial score (nSPS) is 17.5. The van der Waals surface area contributed by atoms with Crippen molar-refractivity contribution in [3.8, 4) is 0 Å². The second-order valence-corrected chi connectivity index (χ2v) is 10.6. The van der Waals surface area contributed by atoms with Gasteiger partial charge in [0.05, 0.1) is 22.3 Å². The summed E-state index contributed by atoms with van der Waals surface area (Å²) in [6, 6.07) is 26.0. The van der Waals surface area contributed by atoms with E-state index in [9.17, 15) is 19.2 Å². The quantitative estimate of drug-likeness (QED) is 0.301. The monoisotopic (exact) mass is 510 g/mol. The van der Waals surface area contributed by atoms with Gasteiger partial charge in [-0.15, -0.1) is 8.42 Å². The van der Waals surface area contributed by atoms with E-state index in [1.54, 1.807) is 12.1 Å². The van der Waals surface area contributed by atoms with E-state index in [1.165, 1.54) is 97.1 Å². The van der Waals surface area contributed by atoms with Crippen molar-refractivity contribution in [2.45, 2.75) is 0 Å². The molecule has 0 saturated heterocycles. The fraction of sp³-hybridized carbons (Fsp3) is 0. The van der Waals surface area contributed by atoms with Crippen molar-refractivity contribution in [3.05, 3.63) is 131 Å². The summed E-state index contributed by atoms with van der Waals surface area (Å²) in [6.07, 6.45) is 0. The van der Waals surface area contributed by atoms with Crippen molar-refractivity contribution in [1.29, 1.82) is 0 Å². The minimum atomic E-state index is -5.42. The summed E-state index contributed by atoms with van der Waals surface area (Å²) < 4.78 is 26.5. The third-order valence-corrected chi connectivity index (χ3v) is 9.32. The lowest BCUT2D eigenvalue weighted by Crippen LogP contribution is -2.73. The van der Waals surface area contributed by atoms with E-state index in [0.717, 1.165) is 0 Å². The van der Waals surface area contributed by atoms with E-state index < -0.39 is 41.6 Å². The Morgan fingerprint density at radius 1 is 0.378 bits per heavy atom. The molecule has 0 spiro atoms. The number of amides is 4. The van der Waals surface area contributed by atoms with Gasteiger partial charge < -0.3 is 0 Å². The number of hydrogen-bond donors (Lipinski definition) is 0. The lowest BCUT2D eigenvalue weighted by atomic mass is 10.1. The molecule has 2 aliphatic rings. The Morgan fingerprint density at radius 2 is 0.622 bits per heavy atom. The molecule has 0 bridgehead atoms. The first kappa shape index (κ1) is 22.9. The van der Waals surface area contributed by atoms with Crippen LogP contribution in [0.15, 0.2) is 109 Å². The fourth-order valence-corrected chi connectivity index (χ4v) is 7.56. The highest BCUT2D eigenvalue weighted by atomic mass is 32.2. The second-order valence-electron chi connectivity index (χ2n) is 8.65. The number of nitrogens with zero attached hydrogens (tertiary/aromatic N) is 2. The van der Waals surface area contributed by atoms with Crippen molar-refractivity contribution in [1.82, 2.24) is 7.78 Å². The number of imide groups is 2. The van der Waals surface area contributed by atoms with Gasteiger partial charge in [0.2, 0.25) is 0 Å². The van der Waals surface area contributed by atoms with E-state index in [1.807, 2.05) is 0 Å². The van der Waals surface area contributed by atoms with Gasteiger partial charge >= 0.3 is 33.8 Å². The maximum absolute atomic E-state index is 15.1. The summed E-state index contributed by atoms with van der Waals surface area (Å²) in [7, 11) is -5.42. The van der Waals surface area contributed by atoms with Crippen LogP contribution in [0.4, 0.5) is 11.4 Å². The molecule has 6 rings (SSSR count). The van der Waals surface area contributed by atoms with Crippen LogP contribution in [0.5, 0.6) is 0 Å². The molecule has 4 aromatic carbocycles. The fourth-order valence-electron chi connectivity index (χ4n) is 5.19. The smallest absolute Gasteiger partial charge is 0.223 e. The first-order chi connectivity index (χ1) is 17.8. The molecule has 2 aliphatic heterocycles. The highest BCUT2D eigenvalue weighted by Crippen LogP contribution is 2.48. The van der Waals surface area contributed by atoms with Gasteiger partial charge in [0, 0.05) is 24.3 Å². The van der Waals surface area contributed by atoms with Crippen LogP contribution in [0.25, 0.3) is 0 Å². The van der Waals surface area contributed by atoms with Gasteiger partial charge in [0.25, 0.3) is 0 Å². The van der Waals surface area contributed by atoms with Crippen LogP contribution in [-0.4, -0.2) is 32.0 Å². The zero-order chi connectivity index (χ0) is 26.0. The third kappa shape index (κ3) is 2.54. The molecule has 0 aromatic heterocycles. The average molecular weight is 511 g/mol. The van der Waals surface area contributed by atoms with E-state index in [2.05, 4.69) is 0 Å². The van der Waals surface area contributed by atoms with Gasteiger partial charge in [-0.3, -0.25) is 0 Å². The van der Waals surface area contributed by atoms with Gasteiger partial charge in [-0.1, -0.05) is 60.7 Å². The average Bonchev–Trinajstić information content (AvgIpc) is 3.31. The SMILES string of the molecule is O=C1c2ccccc2C(=O)[N+]1(c1ccccc1)S(=O)(=O)[N+]1(c2ccccc2)C(=O)c2ccccc2C1=O. The first-order valence-electron chi connectivity index (χ1n) is 11.3. The van der Waals surface area contributed by atoms with Crippen LogP contribution < -0.4 is 7.78 Å². The Hall–Kier alpha value is -4.57. The number of para-hydroxylation sites is 2. The molecule has 0 radical (unpaired) electrons. The Balaban J connectivity index is 1.77. The molecule has 0 unspecified atom stereocenters. The maximum Gasteiger partial charge on any atom is 0.502 e. The van der Waals surface area contributed by atoms with E-state index in [4.69, 9.17) is 0 Å². The molecule has 8 nitrogen and oxygen atoms in total. The molecule has 4 aromatic rings. The topological polar surface area (TPSA) is 102 Å². The lowest BCUT2D eigenvalue weighted by Gasteiger charge is -2.33. The lowest BCUT2D eigenvalue weighted by molar-refractivity contribution is 0.0731. The molecule has 180 valence electrons. The van der Waals surface area contributed by atoms with Crippen LogP contribution in [0.3, 0.4) is 0 Å². The maximum atomic E-state index is 15.1. The summed E-state index contributed by atoms with van der Waals surface area (Å²) in [5.41, 5.74) is -0.826. The molecule has 0 saturated carbocycles. The molecule has 0 atom stereocenters. The predicted octanol–water partition coefficient (Wildman–Crippen LogP) is 4.23. The van der Waals surface area contributed by atoms with E-state index >= 15 is 8.42 Å². The highest BCUT2D eigenvalue weighted by molar-refractivity contribution is 7.93. The van der Waals surface area contributed by atoms with E-state index in [-0.39, 0.29) is 33.6 Å². The molecular formula is C28H18N2O6S+2. The minimum Gasteiger partial charge on any atom is -0.223 e. The zero-order valence-electron chi connectivity index (χ0n) is 19.1. The molecule has 9 heteroatoms. The number of hydrogen-bond acceptors (Lipinski definition) is 6. The summed E-state index contributed by atoms with van der Waals surface area (Å²) in [4.78, 5) is 56.5. The van der Waals surface area contributed by atoms with Gasteiger partial charge in [-0.05, 0) is 32.0 Å². The van der Waals surface area contributed by atoms with Crippen LogP contribution in [0.1, 0.15) is 41.4 Å². The standard InChI is InChI=1S/C28H18N2O6S/c31-25-21-15-7-8-16-22(21)26(32)29(25,19-11-3-1-4-12-19)37(35,36)30(20-13-5-2-6-14-20)27(33)23-17-9-10-18-24(23)28(30)34/h1-18H/q+2. The molecule has 2 heterocycles. The molecule has 0 aliphatic carbocycles. The third-order valence-electron chi connectivity index (χ3n) is 6.85. The summed E-state index contributed by atoms with van der Waals surface area (Å²) in [5, 5.41) is 0. The number of rotatable bonds is 4. The van der Waals surface area contributed by atoms with Crippen molar-refractivity contribution in [2.75, 3.05) is 0 Å². The molecule has 0 N–H and O–H groups in total. The van der Waals surface area contributed by atoms with Crippen molar-refractivity contribution < 1.29 is 27.6 Å². The molecule has 0 fully saturated rings. The Labute approximate surface area is 212 Å². The highest BCUT2D eigenvalue weighted by Gasteiger charge is 2.79. The Bertz CT molecular complexity index is 1570. The Morgan fingerprint density at radius 3 is 0.892 bits per heavy atom. The molecular weight excluding hydrogens is 492 g/mol. The first-order valence-corrected chi connectivity index (χ1v) is 12.7. The van der Waals surface area contributed by atoms with Crippen molar-refractivity contribution in [2.24, 2.45) is 0 Å². The summed E-state index contributed by atoms with van der Waals surface area (Å²) in [6.45, 7) is 0. The largest absolute Gasteiger partial charge is 0.502 e. The van der Waals surface area contributed by atoms with Gasteiger partial charge in [0.15, 0.2) is 11.4 Å². The second kappa shape index (κ2) is 7.71. The number of benzene rings is 4. The van der Waals surface area contributed by atoms with Gasteiger partial charge in [0.1, 0.15) is 0 Å². The molecule has 37 heavy (non-hydrogen) atoms. The van der Waals surface area contributed by atoms with Crippen molar-refractivity contribution in [3.63, 3.8) is 0 Å². The minimum absolute atomic E-state index is 0.109. The van der Waals surface area contributed by atoms with Crippen molar-refractivity contribution >= 4 is 45.2 Å². The number of carbonyl (C=O) groups is 4. The number of fused-ring (bicyclic) bond motifs is 2. The van der Waals surface area contributed by atoms with Crippen LogP contribution in [-0.2, 0) is 10.2 Å². The van der Waals surface area contributed by atoms with E-state index in [0.29, 0.717) is 0 Å². The summed E-state index contributed by atoms with van der Waals surface area (Å²) in [5.74, 6) is -4.23. The zero-order valence-corrected chi connectivity index (χ0v) is 20.0.